The normalized spacial score (nSPS) is 12.6. The van der Waals surface area contributed by atoms with Gasteiger partial charge in [0.15, 0.2) is 5.16 Å². The number of hydrogen-bond donors (Lipinski definition) is 1. The SMILES string of the molecule is CC(C)c1cc(=O)[nH]c(SCC(=O)N2c3ccccc3Sc3ccccc32)n1. The van der Waals surface area contributed by atoms with Crippen LogP contribution >= 0.6 is 23.5 Å². The highest BCUT2D eigenvalue weighted by Gasteiger charge is 2.27. The Hall–Kier alpha value is -2.51. The number of nitrogens with one attached hydrogen (secondary N) is 1. The van der Waals surface area contributed by atoms with E-state index >= 15 is 0 Å². The maximum Gasteiger partial charge on any atom is 0.251 e. The van der Waals surface area contributed by atoms with Gasteiger partial charge >= 0.3 is 0 Å². The van der Waals surface area contributed by atoms with E-state index in [1.165, 1.54) is 17.8 Å². The number of nitrogens with zero attached hydrogens (tertiary/aromatic N) is 2. The number of carbonyl (C=O) groups is 1. The molecule has 1 aliphatic heterocycles. The van der Waals surface area contributed by atoms with Gasteiger partial charge in [-0.2, -0.15) is 0 Å². The molecule has 1 N–H and O–H groups in total. The third kappa shape index (κ3) is 3.72. The minimum atomic E-state index is -0.196. The van der Waals surface area contributed by atoms with Crippen LogP contribution in [0.15, 0.2) is 74.3 Å². The van der Waals surface area contributed by atoms with Crippen LogP contribution in [0.25, 0.3) is 0 Å². The van der Waals surface area contributed by atoms with E-state index in [0.717, 1.165) is 26.9 Å². The zero-order chi connectivity index (χ0) is 19.7. The Bertz CT molecular complexity index is 1050. The van der Waals surface area contributed by atoms with Crippen molar-refractivity contribution in [1.82, 2.24) is 9.97 Å². The van der Waals surface area contributed by atoms with Crippen LogP contribution in [-0.2, 0) is 4.79 Å². The fourth-order valence-corrected chi connectivity index (χ4v) is 4.78. The van der Waals surface area contributed by atoms with Crippen LogP contribution in [0, 0.1) is 0 Å². The zero-order valence-electron chi connectivity index (χ0n) is 15.5. The third-order valence-corrected chi connectivity index (χ3v) is 6.33. The lowest BCUT2D eigenvalue weighted by molar-refractivity contribution is -0.115. The summed E-state index contributed by atoms with van der Waals surface area (Å²) in [6.45, 7) is 3.97. The zero-order valence-corrected chi connectivity index (χ0v) is 17.1. The molecule has 1 aromatic heterocycles. The number of benzene rings is 2. The number of fused-ring (bicyclic) bond motifs is 2. The molecule has 5 nitrogen and oxygen atoms in total. The maximum atomic E-state index is 13.2. The Balaban J connectivity index is 1.62. The number of hydrogen-bond acceptors (Lipinski definition) is 5. The molecule has 0 fully saturated rings. The van der Waals surface area contributed by atoms with E-state index in [1.54, 1.807) is 16.7 Å². The minimum Gasteiger partial charge on any atom is -0.301 e. The molecule has 0 bridgehead atoms. The minimum absolute atomic E-state index is 0.0530. The molecular weight excluding hydrogens is 390 g/mol. The third-order valence-electron chi connectivity index (χ3n) is 4.35. The van der Waals surface area contributed by atoms with Gasteiger partial charge in [0, 0.05) is 15.9 Å². The summed E-state index contributed by atoms with van der Waals surface area (Å²) in [5.74, 6) is 0.274. The Morgan fingerprint density at radius 2 is 1.71 bits per heavy atom. The molecule has 0 aliphatic carbocycles. The summed E-state index contributed by atoms with van der Waals surface area (Å²) >= 11 is 2.92. The predicted molar refractivity (Wildman–Crippen MR) is 114 cm³/mol. The maximum absolute atomic E-state index is 13.2. The van der Waals surface area contributed by atoms with Gasteiger partial charge in [-0.3, -0.25) is 14.5 Å². The lowest BCUT2D eigenvalue weighted by Crippen LogP contribution is -2.30. The van der Waals surface area contributed by atoms with Crippen molar-refractivity contribution in [3.63, 3.8) is 0 Å². The summed E-state index contributed by atoms with van der Waals surface area (Å²) in [4.78, 5) is 36.1. The molecule has 0 unspecified atom stereocenters. The van der Waals surface area contributed by atoms with Gasteiger partial charge in [-0.1, -0.05) is 61.6 Å². The topological polar surface area (TPSA) is 66.1 Å². The molecule has 28 heavy (non-hydrogen) atoms. The van der Waals surface area contributed by atoms with Crippen molar-refractivity contribution in [2.75, 3.05) is 10.7 Å². The van der Waals surface area contributed by atoms with Crippen molar-refractivity contribution in [1.29, 1.82) is 0 Å². The van der Waals surface area contributed by atoms with Gasteiger partial charge in [0.25, 0.3) is 5.56 Å². The van der Waals surface area contributed by atoms with E-state index < -0.39 is 0 Å². The van der Waals surface area contributed by atoms with E-state index in [0.29, 0.717) is 5.16 Å². The van der Waals surface area contributed by atoms with Crippen molar-refractivity contribution >= 4 is 40.8 Å². The average Bonchev–Trinajstić information content (AvgIpc) is 2.69. The average molecular weight is 410 g/mol. The number of aromatic nitrogens is 2. The number of amides is 1. The van der Waals surface area contributed by atoms with Crippen LogP contribution in [0.3, 0.4) is 0 Å². The van der Waals surface area contributed by atoms with Gasteiger partial charge in [-0.25, -0.2) is 4.98 Å². The van der Waals surface area contributed by atoms with Crippen molar-refractivity contribution in [3.8, 4) is 0 Å². The smallest absolute Gasteiger partial charge is 0.251 e. The van der Waals surface area contributed by atoms with Crippen molar-refractivity contribution in [2.45, 2.75) is 34.7 Å². The first-order valence-corrected chi connectivity index (χ1v) is 10.8. The number of rotatable bonds is 4. The first kappa shape index (κ1) is 18.8. The monoisotopic (exact) mass is 409 g/mol. The Kier molecular flexibility index (Phi) is 5.28. The standard InChI is InChI=1S/C21H19N3O2S2/c1-13(2)14-11-19(25)23-21(22-14)27-12-20(26)24-15-7-3-5-9-17(15)28-18-10-6-4-8-16(18)24/h3-11,13H,12H2,1-2H3,(H,22,23,25). The lowest BCUT2D eigenvalue weighted by Gasteiger charge is -2.30. The molecular formula is C21H19N3O2S2. The molecule has 2 aromatic carbocycles. The molecule has 0 saturated heterocycles. The van der Waals surface area contributed by atoms with Crippen LogP contribution in [0.5, 0.6) is 0 Å². The molecule has 0 spiro atoms. The quantitative estimate of drug-likeness (QED) is 0.495. The van der Waals surface area contributed by atoms with Gasteiger partial charge in [0.05, 0.1) is 22.8 Å². The summed E-state index contributed by atoms with van der Waals surface area (Å²) in [6, 6.07) is 17.3. The summed E-state index contributed by atoms with van der Waals surface area (Å²) in [6.07, 6.45) is 0. The van der Waals surface area contributed by atoms with Gasteiger partial charge in [0.2, 0.25) is 5.91 Å². The van der Waals surface area contributed by atoms with Crippen LogP contribution < -0.4 is 10.5 Å². The van der Waals surface area contributed by atoms with Crippen LogP contribution in [0.1, 0.15) is 25.5 Å². The first-order valence-electron chi connectivity index (χ1n) is 8.96. The molecule has 142 valence electrons. The highest BCUT2D eigenvalue weighted by Crippen LogP contribution is 2.48. The lowest BCUT2D eigenvalue weighted by atomic mass is 10.1. The molecule has 0 saturated carbocycles. The van der Waals surface area contributed by atoms with E-state index in [-0.39, 0.29) is 23.1 Å². The van der Waals surface area contributed by atoms with Crippen LogP contribution in [0.4, 0.5) is 11.4 Å². The summed E-state index contributed by atoms with van der Waals surface area (Å²) in [5, 5.41) is 0.470. The number of carbonyl (C=O) groups excluding carboxylic acids is 1. The second kappa shape index (κ2) is 7.85. The molecule has 0 radical (unpaired) electrons. The van der Waals surface area contributed by atoms with Gasteiger partial charge < -0.3 is 4.98 Å². The van der Waals surface area contributed by atoms with Crippen LogP contribution in [0.2, 0.25) is 0 Å². The van der Waals surface area contributed by atoms with Crippen molar-refractivity contribution in [3.05, 3.63) is 70.6 Å². The fourth-order valence-electron chi connectivity index (χ4n) is 2.99. The number of aromatic amines is 1. The van der Waals surface area contributed by atoms with Crippen molar-refractivity contribution < 1.29 is 4.79 Å². The molecule has 1 amide bonds. The van der Waals surface area contributed by atoms with Crippen molar-refractivity contribution in [2.24, 2.45) is 0 Å². The molecule has 2 heterocycles. The van der Waals surface area contributed by atoms with Gasteiger partial charge in [0.1, 0.15) is 0 Å². The van der Waals surface area contributed by atoms with Crippen LogP contribution in [-0.4, -0.2) is 21.6 Å². The summed E-state index contributed by atoms with van der Waals surface area (Å²) in [5.41, 5.74) is 2.30. The molecule has 1 aliphatic rings. The first-order chi connectivity index (χ1) is 13.5. The van der Waals surface area contributed by atoms with Gasteiger partial charge in [-0.05, 0) is 30.2 Å². The molecule has 3 aromatic rings. The molecule has 0 atom stereocenters. The van der Waals surface area contributed by atoms with E-state index in [1.807, 2.05) is 62.4 Å². The number of thioether (sulfide) groups is 1. The summed E-state index contributed by atoms with van der Waals surface area (Å²) in [7, 11) is 0. The Labute approximate surface area is 171 Å². The molecule has 7 heteroatoms. The summed E-state index contributed by atoms with van der Waals surface area (Å²) < 4.78 is 0. The number of H-pyrrole nitrogens is 1. The predicted octanol–water partition coefficient (Wildman–Crippen LogP) is 4.81. The molecule has 4 rings (SSSR count). The second-order valence-corrected chi connectivity index (χ2v) is 8.73. The number of para-hydroxylation sites is 2. The van der Waals surface area contributed by atoms with E-state index in [2.05, 4.69) is 9.97 Å². The van der Waals surface area contributed by atoms with E-state index in [9.17, 15) is 9.59 Å². The highest BCUT2D eigenvalue weighted by atomic mass is 32.2. The Morgan fingerprint density at radius 3 is 2.32 bits per heavy atom. The Morgan fingerprint density at radius 1 is 1.11 bits per heavy atom. The van der Waals surface area contributed by atoms with E-state index in [4.69, 9.17) is 0 Å². The number of anilines is 2. The van der Waals surface area contributed by atoms with Gasteiger partial charge in [-0.15, -0.1) is 0 Å². The largest absolute Gasteiger partial charge is 0.301 e. The second-order valence-electron chi connectivity index (χ2n) is 6.69. The fraction of sp³-hybridized carbons (Fsp3) is 0.190. The highest BCUT2D eigenvalue weighted by molar-refractivity contribution is 8.00.